The zero-order chi connectivity index (χ0) is 22.5. The Labute approximate surface area is 187 Å². The number of nitrogens with zero attached hydrogens (tertiary/aromatic N) is 3. The number of carbonyl (C=O) groups is 2. The molecule has 2 N–H and O–H groups in total. The van der Waals surface area contributed by atoms with Crippen LogP contribution in [0.1, 0.15) is 39.8 Å². The van der Waals surface area contributed by atoms with Crippen LogP contribution >= 0.6 is 12.2 Å². The van der Waals surface area contributed by atoms with Gasteiger partial charge < -0.3 is 15.2 Å². The van der Waals surface area contributed by atoms with Gasteiger partial charge in [-0.25, -0.2) is 4.68 Å². The van der Waals surface area contributed by atoms with Crippen LogP contribution < -0.4 is 10.6 Å². The Balaban J connectivity index is 1.71. The molecule has 1 heterocycles. The van der Waals surface area contributed by atoms with Gasteiger partial charge in [-0.1, -0.05) is 24.3 Å². The topological polar surface area (TPSA) is 81.0 Å². The maximum atomic E-state index is 12.6. The van der Waals surface area contributed by atoms with Gasteiger partial charge in [0.2, 0.25) is 5.91 Å². The smallest absolute Gasteiger partial charge is 0.251 e. The van der Waals surface area contributed by atoms with Crippen LogP contribution in [-0.2, 0) is 24.4 Å². The third kappa shape index (κ3) is 5.46. The lowest BCUT2D eigenvalue weighted by molar-refractivity contribution is -0.116. The van der Waals surface area contributed by atoms with Crippen molar-refractivity contribution in [3.8, 4) is 0 Å². The molecule has 0 fully saturated rings. The Morgan fingerprint density at radius 1 is 1.06 bits per heavy atom. The number of aromatic nitrogens is 3. The number of carbonyl (C=O) groups excluding carboxylic acids is 2. The second-order valence-corrected chi connectivity index (χ2v) is 7.89. The summed E-state index contributed by atoms with van der Waals surface area (Å²) in [5.41, 5.74) is 4.43. The van der Waals surface area contributed by atoms with Crippen LogP contribution in [0.3, 0.4) is 0 Å². The number of aryl methyl sites for hydroxylation is 3. The number of nitrogens with one attached hydrogen (secondary N) is 2. The molecule has 162 valence electrons. The number of hydrogen-bond acceptors (Lipinski definition) is 4. The van der Waals surface area contributed by atoms with Crippen LogP contribution in [0, 0.1) is 25.5 Å². The number of hydrogen-bond donors (Lipinski definition) is 2. The van der Waals surface area contributed by atoms with Gasteiger partial charge in [-0.05, 0) is 74.8 Å². The summed E-state index contributed by atoms with van der Waals surface area (Å²) in [5.74, 6) is 0.222. The van der Waals surface area contributed by atoms with E-state index < -0.39 is 0 Å². The minimum Gasteiger partial charge on any atom is -0.345 e. The van der Waals surface area contributed by atoms with Gasteiger partial charge in [-0.15, -0.1) is 0 Å². The molecule has 0 atom stereocenters. The number of rotatable bonds is 7. The van der Waals surface area contributed by atoms with Gasteiger partial charge in [-0.3, -0.25) is 9.59 Å². The fourth-order valence-electron chi connectivity index (χ4n) is 3.50. The highest BCUT2D eigenvalue weighted by Gasteiger charge is 2.15. The van der Waals surface area contributed by atoms with Gasteiger partial charge in [0.25, 0.3) is 5.91 Å². The van der Waals surface area contributed by atoms with Crippen molar-refractivity contribution in [3.05, 3.63) is 75.3 Å². The maximum Gasteiger partial charge on any atom is 0.251 e. The first kappa shape index (κ1) is 22.4. The molecular weight excluding hydrogens is 410 g/mol. The Bertz CT molecular complexity index is 1160. The lowest BCUT2D eigenvalue weighted by Gasteiger charge is -2.08. The predicted octanol–water partition coefficient (Wildman–Crippen LogP) is 3.93. The van der Waals surface area contributed by atoms with Crippen LogP contribution in [0.5, 0.6) is 0 Å². The first-order valence-corrected chi connectivity index (χ1v) is 10.6. The van der Waals surface area contributed by atoms with Crippen molar-refractivity contribution >= 4 is 29.7 Å². The summed E-state index contributed by atoms with van der Waals surface area (Å²) in [6.45, 7) is 8.62. The van der Waals surface area contributed by atoms with Crippen molar-refractivity contribution in [2.24, 2.45) is 0 Å². The van der Waals surface area contributed by atoms with Gasteiger partial charge in [0.05, 0.1) is 6.54 Å². The van der Waals surface area contributed by atoms with Gasteiger partial charge >= 0.3 is 0 Å². The summed E-state index contributed by atoms with van der Waals surface area (Å²) in [6.07, 6.45) is 0. The van der Waals surface area contributed by atoms with Crippen molar-refractivity contribution in [3.63, 3.8) is 0 Å². The third-order valence-electron chi connectivity index (χ3n) is 4.91. The van der Waals surface area contributed by atoms with E-state index in [1.165, 1.54) is 4.68 Å². The van der Waals surface area contributed by atoms with E-state index in [9.17, 15) is 9.59 Å². The highest BCUT2D eigenvalue weighted by molar-refractivity contribution is 7.71. The molecule has 0 aliphatic heterocycles. The van der Waals surface area contributed by atoms with Crippen LogP contribution in [0.25, 0.3) is 0 Å². The number of amides is 2. The van der Waals surface area contributed by atoms with Gasteiger partial charge in [0.15, 0.2) is 10.6 Å². The molecule has 8 heteroatoms. The van der Waals surface area contributed by atoms with Crippen LogP contribution in [0.4, 0.5) is 5.69 Å². The number of anilines is 1. The molecule has 3 rings (SSSR count). The van der Waals surface area contributed by atoms with Gasteiger partial charge in [0.1, 0.15) is 6.54 Å². The van der Waals surface area contributed by atoms with Crippen LogP contribution in [0.15, 0.2) is 42.5 Å². The average molecular weight is 438 g/mol. The quantitative estimate of drug-likeness (QED) is 0.549. The zero-order valence-electron chi connectivity index (χ0n) is 18.2. The van der Waals surface area contributed by atoms with E-state index in [1.807, 2.05) is 68.7 Å². The fraction of sp³-hybridized carbons (Fsp3) is 0.304. The van der Waals surface area contributed by atoms with E-state index in [0.717, 1.165) is 22.4 Å². The molecule has 2 amide bonds. The van der Waals surface area contributed by atoms with E-state index in [1.54, 1.807) is 6.07 Å². The molecule has 31 heavy (non-hydrogen) atoms. The van der Waals surface area contributed by atoms with Crippen LogP contribution in [-0.4, -0.2) is 26.2 Å². The van der Waals surface area contributed by atoms with Crippen molar-refractivity contribution in [1.82, 2.24) is 19.7 Å². The van der Waals surface area contributed by atoms with Crippen molar-refractivity contribution in [2.75, 3.05) is 5.32 Å². The number of benzene rings is 2. The zero-order valence-corrected chi connectivity index (χ0v) is 19.0. The molecule has 0 radical (unpaired) electrons. The highest BCUT2D eigenvalue weighted by atomic mass is 32.1. The SMILES string of the molecule is CCn1c(CNC(=O)c2ccccc2C)nn(CC(=O)Nc2cc(C)cc(C)c2)c1=S. The maximum absolute atomic E-state index is 12.6. The Morgan fingerprint density at radius 2 is 1.74 bits per heavy atom. The lowest BCUT2D eigenvalue weighted by Crippen LogP contribution is -2.25. The van der Waals surface area contributed by atoms with E-state index >= 15 is 0 Å². The fourth-order valence-corrected chi connectivity index (χ4v) is 3.84. The summed E-state index contributed by atoms with van der Waals surface area (Å²) in [6, 6.07) is 13.3. The molecule has 0 saturated heterocycles. The van der Waals surface area contributed by atoms with E-state index in [-0.39, 0.29) is 24.9 Å². The Morgan fingerprint density at radius 3 is 2.39 bits per heavy atom. The molecule has 0 aliphatic rings. The molecule has 0 bridgehead atoms. The van der Waals surface area contributed by atoms with Crippen LogP contribution in [0.2, 0.25) is 0 Å². The second-order valence-electron chi connectivity index (χ2n) is 7.52. The Kier molecular flexibility index (Phi) is 7.02. The summed E-state index contributed by atoms with van der Waals surface area (Å²) >= 11 is 5.50. The Hall–Kier alpha value is -3.26. The molecule has 0 aliphatic carbocycles. The van der Waals surface area contributed by atoms with E-state index in [4.69, 9.17) is 12.2 Å². The van der Waals surface area contributed by atoms with Gasteiger partial charge in [-0.2, -0.15) is 5.10 Å². The minimum atomic E-state index is -0.211. The molecule has 2 aromatic carbocycles. The molecular formula is C23H27N5O2S. The van der Waals surface area contributed by atoms with Crippen molar-refractivity contribution < 1.29 is 9.59 Å². The average Bonchev–Trinajstić information content (AvgIpc) is 3.00. The second kappa shape index (κ2) is 9.70. The standard InChI is InChI=1S/C23H27N5O2S/c1-5-27-20(13-24-22(30)19-9-7-6-8-17(19)4)26-28(23(27)31)14-21(29)25-18-11-15(2)10-16(3)12-18/h6-12H,5,13-14H2,1-4H3,(H,24,30)(H,25,29). The molecule has 0 unspecified atom stereocenters. The van der Waals surface area contributed by atoms with E-state index in [2.05, 4.69) is 15.7 Å². The first-order chi connectivity index (χ1) is 14.8. The molecule has 0 saturated carbocycles. The lowest BCUT2D eigenvalue weighted by atomic mass is 10.1. The monoisotopic (exact) mass is 437 g/mol. The summed E-state index contributed by atoms with van der Waals surface area (Å²) < 4.78 is 3.75. The molecule has 0 spiro atoms. The normalized spacial score (nSPS) is 10.7. The summed E-state index contributed by atoms with van der Waals surface area (Å²) in [7, 11) is 0. The minimum absolute atomic E-state index is 0.00242. The summed E-state index contributed by atoms with van der Waals surface area (Å²) in [4.78, 5) is 25.1. The predicted molar refractivity (Wildman–Crippen MR) is 124 cm³/mol. The molecule has 7 nitrogen and oxygen atoms in total. The van der Waals surface area contributed by atoms with E-state index in [0.29, 0.717) is 22.7 Å². The highest BCUT2D eigenvalue weighted by Crippen LogP contribution is 2.14. The molecule has 1 aromatic heterocycles. The third-order valence-corrected chi connectivity index (χ3v) is 5.34. The summed E-state index contributed by atoms with van der Waals surface area (Å²) in [5, 5.41) is 10.3. The van der Waals surface area contributed by atoms with Gasteiger partial charge in [0, 0.05) is 17.8 Å². The van der Waals surface area contributed by atoms with Crippen molar-refractivity contribution in [1.29, 1.82) is 0 Å². The molecule has 3 aromatic rings. The first-order valence-electron chi connectivity index (χ1n) is 10.2. The van der Waals surface area contributed by atoms with Crippen molar-refractivity contribution in [2.45, 2.75) is 47.3 Å². The largest absolute Gasteiger partial charge is 0.345 e.